The zero-order chi connectivity index (χ0) is 26.5. The number of nitrogens with one attached hydrogen (secondary N) is 2. The lowest BCUT2D eigenvalue weighted by Crippen LogP contribution is -2.28. The molecule has 12 heteroatoms. The van der Waals surface area contributed by atoms with Gasteiger partial charge in [0.2, 0.25) is 0 Å². The lowest BCUT2D eigenvalue weighted by Gasteiger charge is -2.14. The molecule has 1 aromatic carbocycles. The second-order valence-corrected chi connectivity index (χ2v) is 8.11. The van der Waals surface area contributed by atoms with Gasteiger partial charge in [-0.15, -0.1) is 0 Å². The van der Waals surface area contributed by atoms with Crippen LogP contribution in [-0.4, -0.2) is 51.2 Å². The van der Waals surface area contributed by atoms with Crippen molar-refractivity contribution in [1.29, 1.82) is 0 Å². The molecule has 0 spiro atoms. The highest BCUT2D eigenvalue weighted by Crippen LogP contribution is 2.21. The number of fused-ring (bicyclic) bond motifs is 1. The monoisotopic (exact) mass is 506 g/mol. The average molecular weight is 506 g/mol. The quantitative estimate of drug-likeness (QED) is 0.486. The molecule has 192 valence electrons. The van der Waals surface area contributed by atoms with Crippen LogP contribution >= 0.6 is 0 Å². The molecule has 2 amide bonds. The number of pyridine rings is 1. The molecule has 1 saturated heterocycles. The summed E-state index contributed by atoms with van der Waals surface area (Å²) in [7, 11) is 0. The van der Waals surface area contributed by atoms with Crippen LogP contribution in [0.3, 0.4) is 0 Å². The summed E-state index contributed by atoms with van der Waals surface area (Å²) in [6.07, 6.45) is -0.0323. The Morgan fingerprint density at radius 1 is 1.19 bits per heavy atom. The lowest BCUT2D eigenvalue weighted by molar-refractivity contribution is -0.192. The van der Waals surface area contributed by atoms with E-state index in [1.54, 1.807) is 18.2 Å². The number of imidazole rings is 1. The molecule has 3 heterocycles. The zero-order valence-electron chi connectivity index (χ0n) is 19.6. The number of amides is 2. The summed E-state index contributed by atoms with van der Waals surface area (Å²) < 4.78 is 39.1. The lowest BCUT2D eigenvalue weighted by atomic mass is 10.1. The predicted molar refractivity (Wildman–Crippen MR) is 124 cm³/mol. The number of alkyl halides is 3. The van der Waals surface area contributed by atoms with E-state index in [2.05, 4.69) is 15.6 Å². The van der Waals surface area contributed by atoms with Gasteiger partial charge in [-0.05, 0) is 56.0 Å². The molecule has 1 atom stereocenters. The Morgan fingerprint density at radius 3 is 2.53 bits per heavy atom. The van der Waals surface area contributed by atoms with Crippen LogP contribution in [0.25, 0.3) is 5.65 Å². The van der Waals surface area contributed by atoms with Crippen molar-refractivity contribution < 1.29 is 37.4 Å². The normalized spacial score (nSPS) is 15.2. The molecule has 0 bridgehead atoms. The highest BCUT2D eigenvalue weighted by Gasteiger charge is 2.38. The van der Waals surface area contributed by atoms with E-state index in [4.69, 9.17) is 14.6 Å². The van der Waals surface area contributed by atoms with Gasteiger partial charge in [-0.2, -0.15) is 13.2 Å². The number of carbonyl (C=O) groups is 3. The van der Waals surface area contributed by atoms with Gasteiger partial charge in [-0.25, -0.2) is 9.78 Å². The first-order valence-corrected chi connectivity index (χ1v) is 11.0. The molecule has 9 nitrogen and oxygen atoms in total. The maximum atomic E-state index is 12.7. The summed E-state index contributed by atoms with van der Waals surface area (Å²) in [6, 6.07) is 9.28. The fourth-order valence-electron chi connectivity index (χ4n) is 3.57. The fourth-order valence-corrected chi connectivity index (χ4v) is 3.57. The van der Waals surface area contributed by atoms with E-state index in [0.717, 1.165) is 35.3 Å². The third-order valence-corrected chi connectivity index (χ3v) is 5.46. The van der Waals surface area contributed by atoms with Crippen molar-refractivity contribution in [3.05, 3.63) is 65.1 Å². The molecular formula is C24H25F3N4O5. The molecule has 1 aliphatic heterocycles. The summed E-state index contributed by atoms with van der Waals surface area (Å²) in [5.41, 5.74) is 4.62. The minimum atomic E-state index is -5.08. The standard InChI is InChI=1S/C22H24N4O3.C2HF3O2/c1-14-6-4-10-26-13-16(24-20(14)26)12-23-21(27)17-7-3-8-18(15(17)2)25-22(28)19-9-5-11-29-19;3-2(4,5)1(6)7/h3-4,6-8,10,13,19H,5,9,11-12H2,1-2H3,(H,23,27)(H,25,28);(H,6,7). The Bertz CT molecular complexity index is 1270. The summed E-state index contributed by atoms with van der Waals surface area (Å²) >= 11 is 0. The number of carboxylic acid groups (broad SMARTS) is 1. The Balaban J connectivity index is 0.000000454. The molecule has 2 aromatic heterocycles. The van der Waals surface area contributed by atoms with E-state index in [-0.39, 0.29) is 11.8 Å². The number of rotatable bonds is 5. The van der Waals surface area contributed by atoms with Crippen molar-refractivity contribution in [1.82, 2.24) is 14.7 Å². The van der Waals surface area contributed by atoms with Gasteiger partial charge in [0.25, 0.3) is 11.8 Å². The van der Waals surface area contributed by atoms with Crippen molar-refractivity contribution in [3.8, 4) is 0 Å². The number of carbonyl (C=O) groups excluding carboxylic acids is 2. The van der Waals surface area contributed by atoms with Crippen LogP contribution in [0.5, 0.6) is 0 Å². The first-order chi connectivity index (χ1) is 17.0. The van der Waals surface area contributed by atoms with Crippen molar-refractivity contribution in [3.63, 3.8) is 0 Å². The number of hydrogen-bond acceptors (Lipinski definition) is 5. The molecule has 1 unspecified atom stereocenters. The van der Waals surface area contributed by atoms with Gasteiger partial charge in [-0.3, -0.25) is 9.59 Å². The number of aliphatic carboxylic acids is 1. The van der Waals surface area contributed by atoms with E-state index in [1.807, 2.05) is 42.8 Å². The number of hydrogen-bond donors (Lipinski definition) is 3. The van der Waals surface area contributed by atoms with Crippen LogP contribution in [0.1, 0.15) is 40.0 Å². The maximum Gasteiger partial charge on any atom is 0.490 e. The second-order valence-electron chi connectivity index (χ2n) is 8.11. The Hall–Kier alpha value is -3.93. The van der Waals surface area contributed by atoms with Gasteiger partial charge >= 0.3 is 12.1 Å². The van der Waals surface area contributed by atoms with Gasteiger partial charge < -0.3 is 24.9 Å². The predicted octanol–water partition coefficient (Wildman–Crippen LogP) is 3.63. The summed E-state index contributed by atoms with van der Waals surface area (Å²) in [4.78, 5) is 38.5. The molecule has 4 rings (SSSR count). The molecule has 3 aromatic rings. The van der Waals surface area contributed by atoms with Crippen LogP contribution in [-0.2, 0) is 20.9 Å². The second kappa shape index (κ2) is 11.2. The third-order valence-electron chi connectivity index (χ3n) is 5.46. The van der Waals surface area contributed by atoms with Crippen LogP contribution in [0.2, 0.25) is 0 Å². The average Bonchev–Trinajstić information content (AvgIpc) is 3.49. The Labute approximate surface area is 204 Å². The molecule has 1 fully saturated rings. The third kappa shape index (κ3) is 6.60. The largest absolute Gasteiger partial charge is 0.490 e. The summed E-state index contributed by atoms with van der Waals surface area (Å²) in [6.45, 7) is 4.77. The smallest absolute Gasteiger partial charge is 0.475 e. The summed E-state index contributed by atoms with van der Waals surface area (Å²) in [5, 5.41) is 12.9. The Kier molecular flexibility index (Phi) is 8.30. The number of nitrogens with zero attached hydrogens (tertiary/aromatic N) is 2. The summed E-state index contributed by atoms with van der Waals surface area (Å²) in [5.74, 6) is -3.12. The molecule has 0 aliphatic carbocycles. The molecule has 0 saturated carbocycles. The minimum absolute atomic E-state index is 0.164. The Morgan fingerprint density at radius 2 is 1.92 bits per heavy atom. The zero-order valence-corrected chi connectivity index (χ0v) is 19.6. The van der Waals surface area contributed by atoms with Crippen LogP contribution in [0.4, 0.5) is 18.9 Å². The highest BCUT2D eigenvalue weighted by atomic mass is 19.4. The van der Waals surface area contributed by atoms with Gasteiger partial charge in [0.15, 0.2) is 0 Å². The SMILES string of the molecule is Cc1c(NC(=O)C2CCCO2)cccc1C(=O)NCc1cn2cccc(C)c2n1.O=C(O)C(F)(F)F. The number of halogens is 3. The van der Waals surface area contributed by atoms with Crippen molar-refractivity contribution in [2.24, 2.45) is 0 Å². The number of aromatic nitrogens is 2. The molecule has 3 N–H and O–H groups in total. The maximum absolute atomic E-state index is 12.7. The van der Waals surface area contributed by atoms with Crippen LogP contribution in [0, 0.1) is 13.8 Å². The van der Waals surface area contributed by atoms with E-state index >= 15 is 0 Å². The topological polar surface area (TPSA) is 122 Å². The first kappa shape index (κ1) is 26.7. The van der Waals surface area contributed by atoms with Gasteiger partial charge in [0.05, 0.1) is 12.2 Å². The minimum Gasteiger partial charge on any atom is -0.475 e. The fraction of sp³-hybridized carbons (Fsp3) is 0.333. The van der Waals surface area contributed by atoms with E-state index in [1.165, 1.54) is 0 Å². The molecular weight excluding hydrogens is 481 g/mol. The van der Waals surface area contributed by atoms with Crippen LogP contribution < -0.4 is 10.6 Å². The first-order valence-electron chi connectivity index (χ1n) is 11.0. The van der Waals surface area contributed by atoms with E-state index in [0.29, 0.717) is 24.4 Å². The molecule has 36 heavy (non-hydrogen) atoms. The number of aryl methyl sites for hydroxylation is 1. The van der Waals surface area contributed by atoms with E-state index in [9.17, 15) is 22.8 Å². The van der Waals surface area contributed by atoms with Gasteiger partial charge in [0.1, 0.15) is 11.8 Å². The van der Waals surface area contributed by atoms with Gasteiger partial charge in [0, 0.05) is 30.3 Å². The highest BCUT2D eigenvalue weighted by molar-refractivity contribution is 6.00. The van der Waals surface area contributed by atoms with Crippen LogP contribution in [0.15, 0.2) is 42.7 Å². The number of anilines is 1. The number of carboxylic acids is 1. The molecule has 0 radical (unpaired) electrons. The van der Waals surface area contributed by atoms with Crippen molar-refractivity contribution >= 4 is 29.1 Å². The number of ether oxygens (including phenoxy) is 1. The van der Waals surface area contributed by atoms with Gasteiger partial charge in [-0.1, -0.05) is 12.1 Å². The van der Waals surface area contributed by atoms with E-state index < -0.39 is 18.2 Å². The molecule has 1 aliphatic rings. The number of benzene rings is 1. The van der Waals surface area contributed by atoms with Crippen molar-refractivity contribution in [2.75, 3.05) is 11.9 Å². The van der Waals surface area contributed by atoms with Crippen molar-refractivity contribution in [2.45, 2.75) is 45.5 Å².